The highest BCUT2D eigenvalue weighted by molar-refractivity contribution is 6.48. The lowest BCUT2D eigenvalue weighted by Gasteiger charge is -2.64. The van der Waals surface area contributed by atoms with Crippen molar-refractivity contribution in [2.45, 2.75) is 64.1 Å². The summed E-state index contributed by atoms with van der Waals surface area (Å²) in [5.41, 5.74) is 0.367. The average Bonchev–Trinajstić information content (AvgIpc) is 3.71. The number of hydrogen-bond acceptors (Lipinski definition) is 8. The fourth-order valence-electron chi connectivity index (χ4n) is 8.14. The van der Waals surface area contributed by atoms with Crippen molar-refractivity contribution in [2.24, 2.45) is 17.3 Å². The second kappa shape index (κ2) is 12.3. The van der Waals surface area contributed by atoms with Crippen LogP contribution in [0.5, 0.6) is 11.5 Å². The van der Waals surface area contributed by atoms with E-state index in [1.807, 2.05) is 0 Å². The minimum Gasteiger partial charge on any atom is -0.482 e. The molecule has 5 fully saturated rings. The fraction of sp³-hybridized carbons (Fsp3) is 0.471. The number of likely N-dealkylation sites (tertiary alicyclic amines) is 1. The van der Waals surface area contributed by atoms with Crippen LogP contribution in [0.4, 0.5) is 17.6 Å². The van der Waals surface area contributed by atoms with Gasteiger partial charge in [-0.25, -0.2) is 13.6 Å². The highest BCUT2D eigenvalue weighted by Gasteiger charge is 2.69. The number of esters is 1. The standard InChI is InChI=1S/C34H34BF4N3O7/c1-33(2)17-11-24(33)34(3)25(12-17)48-35(49-34)26-5-4-10-42(26)27(43)15-41-32(45)20-8-9-40-23-13-18(6-7-19(20)23)46-16-28(44)47-31-29(38)21(36)14-22(37)30(31)39/h6-9,13-14,17,24-26H,4-5,10-12,15-16H2,1-3H3,(H,41,45)/t17-,24-,25+,26-,34-/m0/s1. The van der Waals surface area contributed by atoms with Crippen molar-refractivity contribution >= 4 is 35.8 Å². The van der Waals surface area contributed by atoms with Crippen LogP contribution >= 0.6 is 0 Å². The topological polar surface area (TPSA) is 116 Å². The molecule has 2 aliphatic heterocycles. The number of hydrogen-bond donors (Lipinski definition) is 1. The summed E-state index contributed by atoms with van der Waals surface area (Å²) in [6.45, 7) is 6.19. The Labute approximate surface area is 279 Å². The third kappa shape index (κ3) is 5.70. The fourth-order valence-corrected chi connectivity index (χ4v) is 8.14. The van der Waals surface area contributed by atoms with Crippen LogP contribution in [-0.2, 0) is 18.9 Å². The lowest BCUT2D eigenvalue weighted by molar-refractivity contribution is -0.199. The van der Waals surface area contributed by atoms with E-state index in [1.165, 1.54) is 30.5 Å². The van der Waals surface area contributed by atoms with E-state index in [0.29, 0.717) is 29.3 Å². The van der Waals surface area contributed by atoms with E-state index in [9.17, 15) is 31.9 Å². The molecule has 3 aliphatic carbocycles. The normalized spacial score (nSPS) is 26.7. The Morgan fingerprint density at radius 2 is 1.82 bits per heavy atom. The summed E-state index contributed by atoms with van der Waals surface area (Å²) in [4.78, 5) is 44.7. The van der Waals surface area contributed by atoms with Gasteiger partial charge < -0.3 is 29.0 Å². The minimum absolute atomic E-state index is 0.00607. The van der Waals surface area contributed by atoms with Gasteiger partial charge in [0.1, 0.15) is 5.75 Å². The van der Waals surface area contributed by atoms with Gasteiger partial charge in [0.25, 0.3) is 5.91 Å². The number of amides is 2. The third-order valence-corrected chi connectivity index (χ3v) is 10.9. The molecule has 5 aliphatic rings. The number of halogens is 4. The van der Waals surface area contributed by atoms with Crippen LogP contribution in [0.3, 0.4) is 0 Å². The molecular formula is C34H34BF4N3O7. The molecule has 258 valence electrons. The van der Waals surface area contributed by atoms with Gasteiger partial charge in [-0.1, -0.05) is 13.8 Å². The molecule has 0 spiro atoms. The number of fused-ring (bicyclic) bond motifs is 1. The lowest BCUT2D eigenvalue weighted by atomic mass is 9.43. The van der Waals surface area contributed by atoms with Crippen LogP contribution in [0.2, 0.25) is 0 Å². The predicted octanol–water partition coefficient (Wildman–Crippen LogP) is 4.76. The van der Waals surface area contributed by atoms with Gasteiger partial charge in [0.15, 0.2) is 18.2 Å². The summed E-state index contributed by atoms with van der Waals surface area (Å²) >= 11 is 0. The summed E-state index contributed by atoms with van der Waals surface area (Å²) in [6.07, 6.45) is 5.03. The number of rotatable bonds is 8. The number of nitrogens with one attached hydrogen (secondary N) is 1. The highest BCUT2D eigenvalue weighted by atomic mass is 19.2. The Bertz CT molecular complexity index is 1840. The highest BCUT2D eigenvalue weighted by Crippen LogP contribution is 2.66. The molecule has 15 heteroatoms. The van der Waals surface area contributed by atoms with Gasteiger partial charge in [0.05, 0.1) is 35.3 Å². The van der Waals surface area contributed by atoms with E-state index in [-0.39, 0.29) is 52.9 Å². The number of pyridine rings is 1. The quantitative estimate of drug-likeness (QED) is 0.119. The summed E-state index contributed by atoms with van der Waals surface area (Å²) in [5, 5.41) is 3.13. The number of nitrogens with zero attached hydrogens (tertiary/aromatic N) is 2. The first kappa shape index (κ1) is 33.3. The van der Waals surface area contributed by atoms with Gasteiger partial charge in [-0.2, -0.15) is 8.78 Å². The SMILES string of the molecule is CC1(C)[C@@H]2C[C@H]3OB([C@@H]4CCCN4C(=O)CNC(=O)c4ccnc5cc(OCC(=O)Oc6c(F)c(F)cc(F)c6F)ccc45)O[C@@]3(C)[C@H]1C2. The lowest BCUT2D eigenvalue weighted by Crippen LogP contribution is -2.65. The maximum absolute atomic E-state index is 13.8. The van der Waals surface area contributed by atoms with Crippen LogP contribution in [0.1, 0.15) is 56.8 Å². The molecule has 3 heterocycles. The molecular weight excluding hydrogens is 649 g/mol. The van der Waals surface area contributed by atoms with Crippen molar-refractivity contribution in [1.29, 1.82) is 0 Å². The van der Waals surface area contributed by atoms with Gasteiger partial charge in [-0.3, -0.25) is 14.6 Å². The second-order valence-electron chi connectivity index (χ2n) is 13.9. The van der Waals surface area contributed by atoms with E-state index < -0.39 is 54.6 Å². The monoisotopic (exact) mass is 683 g/mol. The van der Waals surface area contributed by atoms with Gasteiger partial charge in [-0.15, -0.1) is 0 Å². The van der Waals surface area contributed by atoms with Crippen molar-refractivity contribution in [1.82, 2.24) is 15.2 Å². The Morgan fingerprint density at radius 1 is 1.06 bits per heavy atom. The zero-order valence-electron chi connectivity index (χ0n) is 27.1. The molecule has 2 bridgehead atoms. The number of benzene rings is 2. The van der Waals surface area contributed by atoms with Crippen LogP contribution < -0.4 is 14.8 Å². The van der Waals surface area contributed by atoms with Crippen LogP contribution in [0.15, 0.2) is 36.5 Å². The van der Waals surface area contributed by atoms with E-state index in [1.54, 1.807) is 4.90 Å². The van der Waals surface area contributed by atoms with Gasteiger partial charge in [0.2, 0.25) is 23.3 Å². The predicted molar refractivity (Wildman–Crippen MR) is 166 cm³/mol. The summed E-state index contributed by atoms with van der Waals surface area (Å²) < 4.78 is 77.3. The summed E-state index contributed by atoms with van der Waals surface area (Å²) in [5.74, 6) is -9.91. The van der Waals surface area contributed by atoms with E-state index in [4.69, 9.17) is 14.0 Å². The molecule has 10 nitrogen and oxygen atoms in total. The smallest absolute Gasteiger partial charge is 0.481 e. The minimum atomic E-state index is -1.86. The third-order valence-electron chi connectivity index (χ3n) is 10.9. The van der Waals surface area contributed by atoms with E-state index >= 15 is 0 Å². The Hall–Kier alpha value is -4.24. The summed E-state index contributed by atoms with van der Waals surface area (Å²) in [6, 6.07) is 5.83. The first-order valence-corrected chi connectivity index (χ1v) is 16.2. The van der Waals surface area contributed by atoms with Crippen LogP contribution in [0, 0.1) is 40.5 Å². The Morgan fingerprint density at radius 3 is 2.55 bits per heavy atom. The maximum atomic E-state index is 13.8. The first-order chi connectivity index (χ1) is 23.3. The zero-order chi connectivity index (χ0) is 34.8. The van der Waals surface area contributed by atoms with E-state index in [2.05, 4.69) is 35.8 Å². The number of aromatic nitrogens is 1. The molecule has 1 N–H and O–H groups in total. The van der Waals surface area contributed by atoms with Crippen LogP contribution in [0.25, 0.3) is 10.9 Å². The molecule has 3 aromatic rings. The molecule has 49 heavy (non-hydrogen) atoms. The van der Waals surface area contributed by atoms with Gasteiger partial charge in [-0.05, 0) is 68.1 Å². The largest absolute Gasteiger partial charge is 0.482 e. The molecule has 3 saturated carbocycles. The molecule has 0 radical (unpaired) electrons. The Kier molecular flexibility index (Phi) is 8.33. The van der Waals surface area contributed by atoms with Crippen LogP contribution in [-0.4, -0.2) is 72.1 Å². The average molecular weight is 683 g/mol. The molecule has 2 saturated heterocycles. The van der Waals surface area contributed by atoms with Gasteiger partial charge >= 0.3 is 13.1 Å². The molecule has 2 amide bonds. The maximum Gasteiger partial charge on any atom is 0.481 e. The van der Waals surface area contributed by atoms with Crippen molar-refractivity contribution in [2.75, 3.05) is 19.7 Å². The Balaban J connectivity index is 0.957. The second-order valence-corrected chi connectivity index (χ2v) is 13.9. The molecule has 5 atom stereocenters. The van der Waals surface area contributed by atoms with E-state index in [0.717, 1.165) is 25.7 Å². The molecule has 2 aromatic carbocycles. The molecule has 1 aromatic heterocycles. The van der Waals surface area contributed by atoms with Crippen molar-refractivity contribution in [3.8, 4) is 11.5 Å². The number of carbonyl (C=O) groups is 3. The first-order valence-electron chi connectivity index (χ1n) is 16.2. The zero-order valence-corrected chi connectivity index (χ0v) is 27.1. The van der Waals surface area contributed by atoms with Crippen molar-refractivity contribution < 1.29 is 50.7 Å². The molecule has 0 unspecified atom stereocenters. The molecule has 8 rings (SSSR count). The number of ether oxygens (including phenoxy) is 2. The number of carbonyl (C=O) groups excluding carboxylic acids is 3. The summed E-state index contributed by atoms with van der Waals surface area (Å²) in [7, 11) is -0.513. The van der Waals surface area contributed by atoms with Crippen molar-refractivity contribution in [3.63, 3.8) is 0 Å². The van der Waals surface area contributed by atoms with Crippen molar-refractivity contribution in [3.05, 3.63) is 65.4 Å². The van der Waals surface area contributed by atoms with Gasteiger partial charge in [0, 0.05) is 30.3 Å².